The van der Waals surface area contributed by atoms with Gasteiger partial charge in [-0.3, -0.25) is 15.0 Å². The normalized spacial score (nSPS) is 12.5. The van der Waals surface area contributed by atoms with Crippen LogP contribution in [0, 0.1) is 17.0 Å². The second-order valence-corrected chi connectivity index (χ2v) is 5.50. The fraction of sp³-hybridized carbons (Fsp3) is 0.375. The van der Waals surface area contributed by atoms with Crippen LogP contribution in [0.3, 0.4) is 0 Å². The van der Waals surface area contributed by atoms with Gasteiger partial charge in [0.1, 0.15) is 5.76 Å². The molecule has 1 unspecified atom stereocenters. The predicted molar refractivity (Wildman–Crippen MR) is 84.7 cm³/mol. The largest absolute Gasteiger partial charge is 0.468 e. The van der Waals surface area contributed by atoms with Crippen LogP contribution in [0.5, 0.6) is 0 Å². The van der Waals surface area contributed by atoms with Gasteiger partial charge in [0.05, 0.1) is 17.2 Å². The van der Waals surface area contributed by atoms with E-state index in [9.17, 15) is 10.1 Å². The Labute approximate surface area is 129 Å². The average Bonchev–Trinajstić information content (AvgIpc) is 2.98. The van der Waals surface area contributed by atoms with Crippen molar-refractivity contribution in [2.75, 3.05) is 20.6 Å². The molecule has 0 aliphatic heterocycles. The number of hydrogen-bond acceptors (Lipinski definition) is 5. The van der Waals surface area contributed by atoms with Crippen LogP contribution >= 0.6 is 0 Å². The van der Waals surface area contributed by atoms with Gasteiger partial charge in [0.25, 0.3) is 5.69 Å². The molecule has 1 aromatic heterocycles. The molecule has 6 heteroatoms. The number of aryl methyl sites for hydroxylation is 1. The van der Waals surface area contributed by atoms with Crippen molar-refractivity contribution in [2.24, 2.45) is 0 Å². The van der Waals surface area contributed by atoms with Crippen LogP contribution in [0.15, 0.2) is 41.0 Å². The molecule has 1 atom stereocenters. The molecule has 1 N–H and O–H groups in total. The summed E-state index contributed by atoms with van der Waals surface area (Å²) in [5.74, 6) is 0.896. The Balaban J connectivity index is 1.98. The third kappa shape index (κ3) is 3.93. The van der Waals surface area contributed by atoms with E-state index in [0.717, 1.165) is 11.3 Å². The lowest BCUT2D eigenvalue weighted by Crippen LogP contribution is -2.30. The van der Waals surface area contributed by atoms with E-state index in [1.54, 1.807) is 25.3 Å². The number of benzene rings is 1. The third-order valence-electron chi connectivity index (χ3n) is 3.63. The van der Waals surface area contributed by atoms with Crippen molar-refractivity contribution < 1.29 is 9.34 Å². The quantitative estimate of drug-likeness (QED) is 0.629. The Hall–Kier alpha value is -2.18. The zero-order valence-electron chi connectivity index (χ0n) is 13.1. The van der Waals surface area contributed by atoms with Gasteiger partial charge >= 0.3 is 0 Å². The Morgan fingerprint density at radius 2 is 2.14 bits per heavy atom. The number of nitrogens with zero attached hydrogens (tertiary/aromatic N) is 2. The lowest BCUT2D eigenvalue weighted by atomic mass is 10.1. The molecule has 22 heavy (non-hydrogen) atoms. The molecular weight excluding hydrogens is 282 g/mol. The molecule has 2 rings (SSSR count). The monoisotopic (exact) mass is 303 g/mol. The summed E-state index contributed by atoms with van der Waals surface area (Å²) in [5, 5.41) is 14.3. The molecule has 0 spiro atoms. The highest BCUT2D eigenvalue weighted by Crippen LogP contribution is 2.20. The molecule has 0 saturated heterocycles. The summed E-state index contributed by atoms with van der Waals surface area (Å²) in [6.07, 6.45) is 1.66. The second kappa shape index (κ2) is 7.20. The molecule has 0 radical (unpaired) electrons. The summed E-state index contributed by atoms with van der Waals surface area (Å²) in [6.45, 7) is 3.02. The zero-order valence-corrected chi connectivity index (χ0v) is 13.1. The van der Waals surface area contributed by atoms with E-state index >= 15 is 0 Å². The number of nitrogens with one attached hydrogen (secondary N) is 1. The van der Waals surface area contributed by atoms with E-state index in [2.05, 4.69) is 10.2 Å². The summed E-state index contributed by atoms with van der Waals surface area (Å²) in [4.78, 5) is 12.7. The van der Waals surface area contributed by atoms with E-state index in [4.69, 9.17) is 4.42 Å². The summed E-state index contributed by atoms with van der Waals surface area (Å²) in [6, 6.07) is 9.26. The standard InChI is InChI=1S/C16H21N3O3/c1-12-6-7-13(9-14(12)19(20)21)10-17-11-15(18(2)3)16-5-4-8-22-16/h4-9,15,17H,10-11H2,1-3H3. The van der Waals surface area contributed by atoms with Gasteiger partial charge in [0.15, 0.2) is 0 Å². The van der Waals surface area contributed by atoms with Gasteiger partial charge in [-0.25, -0.2) is 0 Å². The molecule has 0 saturated carbocycles. The van der Waals surface area contributed by atoms with Crippen molar-refractivity contribution in [1.29, 1.82) is 0 Å². The van der Waals surface area contributed by atoms with Crippen LogP contribution in [-0.2, 0) is 6.54 Å². The van der Waals surface area contributed by atoms with Gasteiger partial charge < -0.3 is 9.73 Å². The van der Waals surface area contributed by atoms with Crippen molar-refractivity contribution in [3.63, 3.8) is 0 Å². The number of hydrogen-bond donors (Lipinski definition) is 1. The van der Waals surface area contributed by atoms with Crippen LogP contribution in [0.2, 0.25) is 0 Å². The highest BCUT2D eigenvalue weighted by Gasteiger charge is 2.16. The number of nitro benzene ring substituents is 1. The van der Waals surface area contributed by atoms with Crippen LogP contribution in [0.1, 0.15) is 22.9 Å². The lowest BCUT2D eigenvalue weighted by Gasteiger charge is -2.22. The van der Waals surface area contributed by atoms with Gasteiger partial charge in [-0.2, -0.15) is 0 Å². The topological polar surface area (TPSA) is 71.5 Å². The van der Waals surface area contributed by atoms with Crippen LogP contribution in [0.25, 0.3) is 0 Å². The first kappa shape index (κ1) is 16.2. The minimum Gasteiger partial charge on any atom is -0.468 e. The molecule has 0 aliphatic carbocycles. The van der Waals surface area contributed by atoms with Crippen LogP contribution < -0.4 is 5.32 Å². The second-order valence-electron chi connectivity index (χ2n) is 5.50. The smallest absolute Gasteiger partial charge is 0.272 e. The molecule has 6 nitrogen and oxygen atoms in total. The maximum atomic E-state index is 11.0. The first-order chi connectivity index (χ1) is 10.5. The molecule has 0 bridgehead atoms. The van der Waals surface area contributed by atoms with E-state index < -0.39 is 0 Å². The van der Waals surface area contributed by atoms with Gasteiger partial charge in [0.2, 0.25) is 0 Å². The van der Waals surface area contributed by atoms with E-state index in [0.29, 0.717) is 18.7 Å². The summed E-state index contributed by atoms with van der Waals surface area (Å²) in [5.41, 5.74) is 1.74. The number of likely N-dealkylation sites (N-methyl/N-ethyl adjacent to an activating group) is 1. The minimum atomic E-state index is -0.343. The Kier molecular flexibility index (Phi) is 5.30. The summed E-state index contributed by atoms with van der Waals surface area (Å²) >= 11 is 0. The third-order valence-corrected chi connectivity index (χ3v) is 3.63. The zero-order chi connectivity index (χ0) is 16.1. The van der Waals surface area contributed by atoms with Gasteiger partial charge in [-0.1, -0.05) is 12.1 Å². The Morgan fingerprint density at radius 3 is 2.73 bits per heavy atom. The minimum absolute atomic E-state index is 0.121. The Morgan fingerprint density at radius 1 is 1.36 bits per heavy atom. The van der Waals surface area contributed by atoms with Crippen molar-refractivity contribution >= 4 is 5.69 Å². The van der Waals surface area contributed by atoms with E-state index in [-0.39, 0.29) is 16.7 Å². The van der Waals surface area contributed by atoms with Gasteiger partial charge in [-0.05, 0) is 38.7 Å². The predicted octanol–water partition coefficient (Wildman–Crippen LogP) is 2.89. The molecule has 1 heterocycles. The molecule has 0 amide bonds. The average molecular weight is 303 g/mol. The van der Waals surface area contributed by atoms with Crippen molar-refractivity contribution in [3.8, 4) is 0 Å². The first-order valence-corrected chi connectivity index (χ1v) is 7.13. The fourth-order valence-electron chi connectivity index (χ4n) is 2.33. The Bertz CT molecular complexity index is 624. The van der Waals surface area contributed by atoms with E-state index in [1.807, 2.05) is 32.3 Å². The molecule has 2 aromatic rings. The summed E-state index contributed by atoms with van der Waals surface area (Å²) < 4.78 is 5.46. The van der Waals surface area contributed by atoms with Gasteiger partial charge in [-0.15, -0.1) is 0 Å². The maximum absolute atomic E-state index is 11.0. The summed E-state index contributed by atoms with van der Waals surface area (Å²) in [7, 11) is 3.98. The number of nitro groups is 1. The van der Waals surface area contributed by atoms with Crippen LogP contribution in [0.4, 0.5) is 5.69 Å². The highest BCUT2D eigenvalue weighted by atomic mass is 16.6. The van der Waals surface area contributed by atoms with Crippen molar-refractivity contribution in [1.82, 2.24) is 10.2 Å². The van der Waals surface area contributed by atoms with Crippen LogP contribution in [-0.4, -0.2) is 30.5 Å². The molecule has 0 fully saturated rings. The van der Waals surface area contributed by atoms with Crippen molar-refractivity contribution in [2.45, 2.75) is 19.5 Å². The first-order valence-electron chi connectivity index (χ1n) is 7.13. The number of rotatable bonds is 7. The fourth-order valence-corrected chi connectivity index (χ4v) is 2.33. The van der Waals surface area contributed by atoms with Crippen molar-refractivity contribution in [3.05, 3.63) is 63.6 Å². The SMILES string of the molecule is Cc1ccc(CNCC(c2ccco2)N(C)C)cc1[N+](=O)[O-]. The van der Waals surface area contributed by atoms with Gasteiger partial charge in [0, 0.05) is 24.7 Å². The van der Waals surface area contributed by atoms with E-state index in [1.165, 1.54) is 0 Å². The molecule has 1 aromatic carbocycles. The highest BCUT2D eigenvalue weighted by molar-refractivity contribution is 5.42. The number of furan rings is 1. The molecular formula is C16H21N3O3. The maximum Gasteiger partial charge on any atom is 0.272 e. The molecule has 118 valence electrons. The lowest BCUT2D eigenvalue weighted by molar-refractivity contribution is -0.385. The molecule has 0 aliphatic rings.